The molecule has 0 unspecified atom stereocenters. The van der Waals surface area contributed by atoms with Crippen molar-refractivity contribution >= 4 is 11.6 Å². The maximum atomic E-state index is 6.32. The molecule has 0 atom stereocenters. The fraction of sp³-hybridized carbons (Fsp3) is 0.571. The van der Waals surface area contributed by atoms with Gasteiger partial charge in [0.25, 0.3) is 0 Å². The Balaban J connectivity index is 0.000000291. The van der Waals surface area contributed by atoms with Gasteiger partial charge in [-0.1, -0.05) is 131 Å². The monoisotopic (exact) mass is 414 g/mol. The first-order valence-electron chi connectivity index (χ1n) is 10.8. The molecular weight excluding hydrogens is 372 g/mol. The quantitative estimate of drug-likeness (QED) is 0.402. The lowest BCUT2D eigenvalue weighted by Crippen LogP contribution is -2.21. The molecule has 2 aromatic carbocycles. The SMILES string of the molecule is CC(C)(C)c1ccc(C(C)(C)C)c(Cl)c1.CC(C)(C)c1ccccc1C(C)(C)C. The Kier molecular flexibility index (Phi) is 7.86. The van der Waals surface area contributed by atoms with E-state index >= 15 is 0 Å². The molecule has 0 N–H and O–H groups in total. The van der Waals surface area contributed by atoms with E-state index in [0.29, 0.717) is 0 Å². The van der Waals surface area contributed by atoms with Crippen molar-refractivity contribution in [3.05, 3.63) is 69.7 Å². The molecule has 0 aliphatic carbocycles. The summed E-state index contributed by atoms with van der Waals surface area (Å²) in [7, 11) is 0. The van der Waals surface area contributed by atoms with Crippen molar-refractivity contribution in [3.63, 3.8) is 0 Å². The van der Waals surface area contributed by atoms with Gasteiger partial charge in [0, 0.05) is 5.02 Å². The lowest BCUT2D eigenvalue weighted by molar-refractivity contribution is 0.530. The van der Waals surface area contributed by atoms with Gasteiger partial charge in [-0.3, -0.25) is 0 Å². The number of hydrogen-bond donors (Lipinski definition) is 0. The first-order chi connectivity index (χ1) is 12.8. The summed E-state index contributed by atoms with van der Waals surface area (Å²) in [4.78, 5) is 0. The van der Waals surface area contributed by atoms with Gasteiger partial charge in [-0.25, -0.2) is 0 Å². The van der Waals surface area contributed by atoms with Crippen molar-refractivity contribution in [2.75, 3.05) is 0 Å². The second-order valence-electron chi connectivity index (χ2n) is 12.2. The van der Waals surface area contributed by atoms with Crippen molar-refractivity contribution in [2.24, 2.45) is 0 Å². The summed E-state index contributed by atoms with van der Waals surface area (Å²) in [5.74, 6) is 0. The highest BCUT2D eigenvalue weighted by Gasteiger charge is 2.24. The Hall–Kier alpha value is -1.27. The predicted octanol–water partition coefficient (Wildman–Crippen LogP) is 9.22. The first-order valence-corrected chi connectivity index (χ1v) is 11.1. The van der Waals surface area contributed by atoms with E-state index in [2.05, 4.69) is 126 Å². The van der Waals surface area contributed by atoms with Gasteiger partial charge in [-0.05, 0) is 50.0 Å². The van der Waals surface area contributed by atoms with E-state index in [9.17, 15) is 0 Å². The highest BCUT2D eigenvalue weighted by atomic mass is 35.5. The van der Waals surface area contributed by atoms with Crippen LogP contribution in [0, 0.1) is 0 Å². The maximum absolute atomic E-state index is 6.32. The molecule has 0 saturated heterocycles. The second-order valence-corrected chi connectivity index (χ2v) is 12.6. The molecule has 0 radical (unpaired) electrons. The van der Waals surface area contributed by atoms with E-state index < -0.39 is 0 Å². The van der Waals surface area contributed by atoms with Crippen LogP contribution >= 0.6 is 11.6 Å². The number of hydrogen-bond acceptors (Lipinski definition) is 0. The maximum Gasteiger partial charge on any atom is 0.0446 e. The fourth-order valence-electron chi connectivity index (χ4n) is 3.38. The highest BCUT2D eigenvalue weighted by Crippen LogP contribution is 2.34. The molecule has 0 aliphatic heterocycles. The molecule has 1 heteroatoms. The van der Waals surface area contributed by atoms with Gasteiger partial charge in [0.1, 0.15) is 0 Å². The summed E-state index contributed by atoms with van der Waals surface area (Å²) in [6, 6.07) is 15.2. The Morgan fingerprint density at radius 2 is 0.862 bits per heavy atom. The molecule has 0 amide bonds. The van der Waals surface area contributed by atoms with E-state index in [4.69, 9.17) is 11.6 Å². The molecule has 0 nitrogen and oxygen atoms in total. The van der Waals surface area contributed by atoms with Crippen LogP contribution in [-0.4, -0.2) is 0 Å². The molecule has 0 fully saturated rings. The van der Waals surface area contributed by atoms with Crippen LogP contribution in [0.3, 0.4) is 0 Å². The summed E-state index contributed by atoms with van der Waals surface area (Å²) in [6.07, 6.45) is 0. The van der Waals surface area contributed by atoms with E-state index in [0.717, 1.165) is 5.02 Å². The van der Waals surface area contributed by atoms with Crippen LogP contribution in [0.2, 0.25) is 5.02 Å². The topological polar surface area (TPSA) is 0 Å². The minimum absolute atomic E-state index is 0.119. The molecule has 0 heterocycles. The number of halogens is 1. The van der Waals surface area contributed by atoms with E-state index in [-0.39, 0.29) is 21.7 Å². The lowest BCUT2D eigenvalue weighted by Gasteiger charge is -2.29. The van der Waals surface area contributed by atoms with Crippen molar-refractivity contribution in [2.45, 2.75) is 105 Å². The molecule has 162 valence electrons. The van der Waals surface area contributed by atoms with Crippen LogP contribution in [0.5, 0.6) is 0 Å². The van der Waals surface area contributed by atoms with Gasteiger partial charge in [0.2, 0.25) is 0 Å². The lowest BCUT2D eigenvalue weighted by atomic mass is 9.75. The van der Waals surface area contributed by atoms with Gasteiger partial charge >= 0.3 is 0 Å². The normalized spacial score (nSPS) is 13.0. The standard InChI is InChI=1S/C14H21Cl.C14H22/c1-13(2,3)10-7-8-11(12(15)9-10)14(4,5)6;1-13(2,3)11-9-7-8-10-12(11)14(4,5)6/h7-9H,1-6H3;7-10H,1-6H3. The van der Waals surface area contributed by atoms with Crippen molar-refractivity contribution in [1.82, 2.24) is 0 Å². The molecule has 0 spiro atoms. The fourth-order valence-corrected chi connectivity index (χ4v) is 3.85. The van der Waals surface area contributed by atoms with Crippen LogP contribution in [-0.2, 0) is 21.7 Å². The molecule has 0 aromatic heterocycles. The summed E-state index contributed by atoms with van der Waals surface area (Å²) < 4.78 is 0. The Bertz CT molecular complexity index is 767. The molecule has 29 heavy (non-hydrogen) atoms. The smallest absolute Gasteiger partial charge is 0.0446 e. The zero-order valence-electron chi connectivity index (χ0n) is 20.9. The minimum atomic E-state index is 0.119. The minimum Gasteiger partial charge on any atom is -0.0840 e. The summed E-state index contributed by atoms with van der Waals surface area (Å²) in [5, 5.41) is 0.884. The van der Waals surface area contributed by atoms with E-state index in [1.165, 1.54) is 22.3 Å². The molecule has 0 saturated carbocycles. The molecule has 2 aromatic rings. The van der Waals surface area contributed by atoms with Gasteiger partial charge in [-0.2, -0.15) is 0 Å². The summed E-state index contributed by atoms with van der Waals surface area (Å²) in [5.41, 5.74) is 6.21. The summed E-state index contributed by atoms with van der Waals surface area (Å²) >= 11 is 6.32. The van der Waals surface area contributed by atoms with Crippen LogP contribution in [0.1, 0.15) is 105 Å². The molecular formula is C28H43Cl. The zero-order valence-corrected chi connectivity index (χ0v) is 21.7. The second kappa shape index (κ2) is 8.84. The van der Waals surface area contributed by atoms with E-state index in [1.807, 2.05) is 0 Å². The molecule has 0 bridgehead atoms. The van der Waals surface area contributed by atoms with Crippen molar-refractivity contribution in [1.29, 1.82) is 0 Å². The number of rotatable bonds is 0. The Labute approximate surface area is 186 Å². The van der Waals surface area contributed by atoms with Crippen molar-refractivity contribution < 1.29 is 0 Å². The van der Waals surface area contributed by atoms with Gasteiger partial charge in [-0.15, -0.1) is 0 Å². The zero-order chi connectivity index (χ0) is 22.8. The van der Waals surface area contributed by atoms with Gasteiger partial charge in [0.15, 0.2) is 0 Å². The third kappa shape index (κ3) is 7.49. The molecule has 2 rings (SSSR count). The van der Waals surface area contributed by atoms with Crippen molar-refractivity contribution in [3.8, 4) is 0 Å². The Morgan fingerprint density at radius 1 is 0.483 bits per heavy atom. The van der Waals surface area contributed by atoms with Crippen LogP contribution in [0.4, 0.5) is 0 Å². The predicted molar refractivity (Wildman–Crippen MR) is 133 cm³/mol. The third-order valence-electron chi connectivity index (χ3n) is 5.19. The van der Waals surface area contributed by atoms with Gasteiger partial charge < -0.3 is 0 Å². The third-order valence-corrected chi connectivity index (χ3v) is 5.50. The largest absolute Gasteiger partial charge is 0.0840 e. The summed E-state index contributed by atoms with van der Waals surface area (Å²) in [6.45, 7) is 26.8. The van der Waals surface area contributed by atoms with Gasteiger partial charge in [0.05, 0.1) is 0 Å². The Morgan fingerprint density at radius 3 is 1.14 bits per heavy atom. The molecule has 0 aliphatic rings. The van der Waals surface area contributed by atoms with Crippen LogP contribution < -0.4 is 0 Å². The van der Waals surface area contributed by atoms with Crippen LogP contribution in [0.25, 0.3) is 0 Å². The average molecular weight is 415 g/mol. The highest BCUT2D eigenvalue weighted by molar-refractivity contribution is 6.31. The average Bonchev–Trinajstić information content (AvgIpc) is 2.52. The van der Waals surface area contributed by atoms with Crippen LogP contribution in [0.15, 0.2) is 42.5 Å². The first kappa shape index (κ1) is 25.8. The van der Waals surface area contributed by atoms with E-state index in [1.54, 1.807) is 0 Å². The number of benzene rings is 2.